The molecule has 1 aromatic heterocycles. The SMILES string of the molecule is Cn1cc(C(=O)Nc2cccc(-c3cccc(B4OC(C)(C)C(C)(C)O4)c3F)c2F)c(=O)n(C)c1=O. The van der Waals surface area contributed by atoms with Crippen LogP contribution in [0.15, 0.2) is 52.2 Å². The van der Waals surface area contributed by atoms with Crippen molar-refractivity contribution < 1.29 is 22.9 Å². The van der Waals surface area contributed by atoms with Crippen LogP contribution in [0.3, 0.4) is 0 Å². The van der Waals surface area contributed by atoms with Gasteiger partial charge in [0, 0.05) is 36.9 Å². The van der Waals surface area contributed by atoms with Crippen LogP contribution in [0.2, 0.25) is 0 Å². The van der Waals surface area contributed by atoms with Gasteiger partial charge in [0.15, 0.2) is 5.82 Å². The molecule has 188 valence electrons. The number of aromatic nitrogens is 2. The Hall–Kier alpha value is -3.57. The minimum absolute atomic E-state index is 0.0474. The fourth-order valence-corrected chi connectivity index (χ4v) is 3.90. The van der Waals surface area contributed by atoms with Gasteiger partial charge in [0.05, 0.1) is 16.9 Å². The van der Waals surface area contributed by atoms with Gasteiger partial charge in [0.2, 0.25) is 0 Å². The molecule has 0 bridgehead atoms. The number of aryl methyl sites for hydroxylation is 1. The number of hydrogen-bond donors (Lipinski definition) is 1. The van der Waals surface area contributed by atoms with E-state index in [1.807, 2.05) is 27.7 Å². The molecule has 1 aliphatic heterocycles. The van der Waals surface area contributed by atoms with E-state index in [2.05, 4.69) is 5.32 Å². The van der Waals surface area contributed by atoms with Crippen molar-refractivity contribution in [1.82, 2.24) is 9.13 Å². The number of benzene rings is 2. The molecule has 2 heterocycles. The van der Waals surface area contributed by atoms with Crippen molar-refractivity contribution in [3.63, 3.8) is 0 Å². The van der Waals surface area contributed by atoms with Gasteiger partial charge < -0.3 is 19.2 Å². The van der Waals surface area contributed by atoms with E-state index in [1.54, 1.807) is 6.07 Å². The second-order valence-corrected chi connectivity index (χ2v) is 9.72. The van der Waals surface area contributed by atoms with Crippen molar-refractivity contribution in [2.75, 3.05) is 5.32 Å². The van der Waals surface area contributed by atoms with Gasteiger partial charge in [-0.25, -0.2) is 13.6 Å². The first kappa shape index (κ1) is 25.5. The lowest BCUT2D eigenvalue weighted by Gasteiger charge is -2.32. The number of nitrogens with zero attached hydrogens (tertiary/aromatic N) is 2. The summed E-state index contributed by atoms with van der Waals surface area (Å²) in [6.45, 7) is 7.38. The Bertz CT molecular complexity index is 1480. The van der Waals surface area contributed by atoms with Gasteiger partial charge in [0.25, 0.3) is 11.5 Å². The number of nitrogens with one attached hydrogen (secondary N) is 1. The minimum atomic E-state index is -0.984. The molecule has 1 saturated heterocycles. The van der Waals surface area contributed by atoms with E-state index in [1.165, 1.54) is 44.4 Å². The topological polar surface area (TPSA) is 91.6 Å². The minimum Gasteiger partial charge on any atom is -0.399 e. The number of halogens is 2. The van der Waals surface area contributed by atoms with Gasteiger partial charge in [-0.15, -0.1) is 0 Å². The number of carbonyl (C=O) groups excluding carboxylic acids is 1. The van der Waals surface area contributed by atoms with Crippen LogP contribution in [0.25, 0.3) is 11.1 Å². The Kier molecular flexibility index (Phi) is 6.26. The molecule has 1 fully saturated rings. The lowest BCUT2D eigenvalue weighted by molar-refractivity contribution is 0.00578. The highest BCUT2D eigenvalue weighted by Gasteiger charge is 2.52. The fourth-order valence-electron chi connectivity index (χ4n) is 3.90. The quantitative estimate of drug-likeness (QED) is 0.560. The number of anilines is 1. The molecule has 1 aliphatic rings. The third-order valence-corrected chi connectivity index (χ3v) is 6.76. The van der Waals surface area contributed by atoms with E-state index in [0.717, 1.165) is 15.3 Å². The molecule has 36 heavy (non-hydrogen) atoms. The summed E-state index contributed by atoms with van der Waals surface area (Å²) >= 11 is 0. The molecular formula is C25H26BF2N3O5. The maximum absolute atomic E-state index is 15.6. The first-order valence-electron chi connectivity index (χ1n) is 11.3. The molecule has 4 rings (SSSR count). The van der Waals surface area contributed by atoms with E-state index in [4.69, 9.17) is 9.31 Å². The smallest absolute Gasteiger partial charge is 0.399 e. The number of rotatable bonds is 4. The summed E-state index contributed by atoms with van der Waals surface area (Å²) in [6.07, 6.45) is 1.08. The largest absolute Gasteiger partial charge is 0.497 e. The second kappa shape index (κ2) is 8.83. The maximum Gasteiger partial charge on any atom is 0.497 e. The van der Waals surface area contributed by atoms with Crippen molar-refractivity contribution in [3.05, 3.63) is 80.6 Å². The Balaban J connectivity index is 1.70. The zero-order chi connectivity index (χ0) is 26.6. The lowest BCUT2D eigenvalue weighted by Crippen LogP contribution is -2.41. The van der Waals surface area contributed by atoms with Crippen LogP contribution < -0.4 is 22.0 Å². The first-order valence-corrected chi connectivity index (χ1v) is 11.3. The summed E-state index contributed by atoms with van der Waals surface area (Å²) in [5.74, 6) is -2.52. The van der Waals surface area contributed by atoms with E-state index in [-0.39, 0.29) is 27.8 Å². The molecule has 0 spiro atoms. The van der Waals surface area contributed by atoms with Gasteiger partial charge in [-0.3, -0.25) is 14.2 Å². The summed E-state index contributed by atoms with van der Waals surface area (Å²) in [4.78, 5) is 37.0. The number of carbonyl (C=O) groups is 1. The molecule has 0 unspecified atom stereocenters. The predicted octanol–water partition coefficient (Wildman–Crippen LogP) is 2.58. The summed E-state index contributed by atoms with van der Waals surface area (Å²) < 4.78 is 44.9. The first-order chi connectivity index (χ1) is 16.7. The van der Waals surface area contributed by atoms with Crippen LogP contribution in [0.5, 0.6) is 0 Å². The average molecular weight is 497 g/mol. The van der Waals surface area contributed by atoms with Crippen molar-refractivity contribution in [2.45, 2.75) is 38.9 Å². The highest BCUT2D eigenvalue weighted by molar-refractivity contribution is 6.62. The summed E-state index contributed by atoms with van der Waals surface area (Å²) in [5, 5.41) is 2.35. The van der Waals surface area contributed by atoms with Gasteiger partial charge >= 0.3 is 12.8 Å². The molecular weight excluding hydrogens is 471 g/mol. The molecule has 0 radical (unpaired) electrons. The Morgan fingerprint density at radius 1 is 0.917 bits per heavy atom. The van der Waals surface area contributed by atoms with E-state index >= 15 is 8.78 Å². The molecule has 3 aromatic rings. The Morgan fingerprint density at radius 3 is 2.08 bits per heavy atom. The highest BCUT2D eigenvalue weighted by atomic mass is 19.1. The standard InChI is InChI=1S/C25H26BF2N3O5/c1-24(2)25(3,4)36-26(35-24)17-11-7-9-14(19(17)27)15-10-8-12-18(20(15)28)29-21(32)16-13-30(5)23(34)31(6)22(16)33/h7-13H,1-6H3,(H,29,32). The van der Waals surface area contributed by atoms with Crippen LogP contribution in [0.1, 0.15) is 38.1 Å². The normalized spacial score (nSPS) is 16.3. The molecule has 2 aromatic carbocycles. The Morgan fingerprint density at radius 2 is 1.47 bits per heavy atom. The number of hydrogen-bond acceptors (Lipinski definition) is 5. The van der Waals surface area contributed by atoms with Gasteiger partial charge in [0.1, 0.15) is 11.4 Å². The molecule has 0 saturated carbocycles. The Labute approximate surface area is 206 Å². The molecule has 8 nitrogen and oxygen atoms in total. The van der Waals surface area contributed by atoms with Crippen LogP contribution >= 0.6 is 0 Å². The number of amides is 1. The van der Waals surface area contributed by atoms with Crippen molar-refractivity contribution in [2.24, 2.45) is 14.1 Å². The lowest BCUT2D eigenvalue weighted by atomic mass is 9.77. The second-order valence-electron chi connectivity index (χ2n) is 9.72. The van der Waals surface area contributed by atoms with Gasteiger partial charge in [-0.05, 0) is 33.8 Å². The molecule has 11 heteroatoms. The van der Waals surface area contributed by atoms with Gasteiger partial charge in [-0.2, -0.15) is 0 Å². The van der Waals surface area contributed by atoms with Crippen LogP contribution in [0, 0.1) is 11.6 Å². The fraction of sp³-hybridized carbons (Fsp3) is 0.320. The third-order valence-electron chi connectivity index (χ3n) is 6.76. The zero-order valence-electron chi connectivity index (χ0n) is 20.8. The zero-order valence-corrected chi connectivity index (χ0v) is 20.8. The van der Waals surface area contributed by atoms with Crippen LogP contribution in [0.4, 0.5) is 14.5 Å². The van der Waals surface area contributed by atoms with Gasteiger partial charge in [-0.1, -0.05) is 30.3 Å². The van der Waals surface area contributed by atoms with Crippen molar-refractivity contribution >= 4 is 24.2 Å². The van der Waals surface area contributed by atoms with E-state index in [0.29, 0.717) is 0 Å². The molecule has 0 aliphatic carbocycles. The summed E-state index contributed by atoms with van der Waals surface area (Å²) in [7, 11) is 1.63. The highest BCUT2D eigenvalue weighted by Crippen LogP contribution is 2.37. The monoisotopic (exact) mass is 497 g/mol. The van der Waals surface area contributed by atoms with Crippen LogP contribution in [-0.4, -0.2) is 33.4 Å². The van der Waals surface area contributed by atoms with Crippen molar-refractivity contribution in [3.8, 4) is 11.1 Å². The average Bonchev–Trinajstić information content (AvgIpc) is 3.03. The van der Waals surface area contributed by atoms with E-state index in [9.17, 15) is 14.4 Å². The third kappa shape index (κ3) is 4.18. The summed E-state index contributed by atoms with van der Waals surface area (Å²) in [5.41, 5.74) is -3.44. The van der Waals surface area contributed by atoms with Crippen molar-refractivity contribution in [1.29, 1.82) is 0 Å². The van der Waals surface area contributed by atoms with Crippen LogP contribution in [-0.2, 0) is 23.4 Å². The maximum atomic E-state index is 15.6. The van der Waals surface area contributed by atoms with E-state index < -0.39 is 47.1 Å². The predicted molar refractivity (Wildman–Crippen MR) is 132 cm³/mol. The summed E-state index contributed by atoms with van der Waals surface area (Å²) in [6, 6.07) is 8.62. The molecule has 1 amide bonds. The molecule has 0 atom stereocenters. The molecule has 1 N–H and O–H groups in total.